The van der Waals surface area contributed by atoms with E-state index >= 15 is 0 Å². The summed E-state index contributed by atoms with van der Waals surface area (Å²) in [6.45, 7) is 1.71. The second kappa shape index (κ2) is 9.38. The largest absolute Gasteiger partial charge is 0.478 e. The molecule has 2 aromatic rings. The normalized spacial score (nSPS) is 11.2. The number of nitrogens with one attached hydrogen (secondary N) is 2. The third-order valence-corrected chi connectivity index (χ3v) is 4.95. The highest BCUT2D eigenvalue weighted by molar-refractivity contribution is 7.92. The first-order valence-electron chi connectivity index (χ1n) is 8.27. The number of aromatic carboxylic acids is 1. The smallest absolute Gasteiger partial charge is 0.350 e. The maximum Gasteiger partial charge on any atom is 0.350 e. The van der Waals surface area contributed by atoms with Crippen LogP contribution < -0.4 is 10.0 Å². The summed E-state index contributed by atoms with van der Waals surface area (Å²) in [5, 5.41) is 20.7. The molecule has 2 rings (SSSR count). The number of hydrogen-bond acceptors (Lipinski definition) is 7. The molecule has 0 heterocycles. The Bertz CT molecular complexity index is 1090. The van der Waals surface area contributed by atoms with Gasteiger partial charge in [-0.2, -0.15) is 5.26 Å². The molecule has 0 aliphatic rings. The van der Waals surface area contributed by atoms with Crippen molar-refractivity contribution in [3.8, 4) is 6.07 Å². The third-order valence-electron chi connectivity index (χ3n) is 3.57. The molecule has 150 valence electrons. The predicted octanol–water partition coefficient (Wildman–Crippen LogP) is 2.57. The molecule has 0 unspecified atom stereocenters. The Hall–Kier alpha value is -3.84. The van der Waals surface area contributed by atoms with E-state index in [1.54, 1.807) is 31.2 Å². The molecule has 0 radical (unpaired) electrons. The van der Waals surface area contributed by atoms with Gasteiger partial charge in [-0.1, -0.05) is 12.1 Å². The molecule has 0 saturated carbocycles. The van der Waals surface area contributed by atoms with Crippen LogP contribution in [0, 0.1) is 11.3 Å². The number of sulfonamides is 1. The number of carbonyl (C=O) groups excluding carboxylic acids is 1. The molecule has 3 N–H and O–H groups in total. The standard InChI is InChI=1S/C19H17N3O6S/c1-2-28-19(25)14(11-20)12-21-16-5-3-4-6-17(16)22-29(26,27)15-9-7-13(8-10-15)18(23)24/h3-10,12,21-22H,2H2,1H3,(H,23,24)/b14-12+. The van der Waals surface area contributed by atoms with Crippen LogP contribution in [0.1, 0.15) is 17.3 Å². The van der Waals surface area contributed by atoms with Gasteiger partial charge in [0.2, 0.25) is 0 Å². The Morgan fingerprint density at radius 2 is 1.76 bits per heavy atom. The highest BCUT2D eigenvalue weighted by Gasteiger charge is 2.17. The highest BCUT2D eigenvalue weighted by atomic mass is 32.2. The van der Waals surface area contributed by atoms with Crippen molar-refractivity contribution >= 4 is 33.3 Å². The number of benzene rings is 2. The monoisotopic (exact) mass is 415 g/mol. The second-order valence-corrected chi connectivity index (χ2v) is 7.20. The average molecular weight is 415 g/mol. The van der Waals surface area contributed by atoms with Gasteiger partial charge >= 0.3 is 11.9 Å². The molecule has 0 atom stereocenters. The Kier molecular flexibility index (Phi) is 6.94. The zero-order chi connectivity index (χ0) is 21.4. The molecule has 0 spiro atoms. The molecule has 0 amide bonds. The molecular weight excluding hydrogens is 398 g/mol. The third kappa shape index (κ3) is 5.57. The molecule has 0 aromatic heterocycles. The van der Waals surface area contributed by atoms with Gasteiger partial charge in [0.25, 0.3) is 10.0 Å². The van der Waals surface area contributed by atoms with E-state index in [1.807, 2.05) is 0 Å². The van der Waals surface area contributed by atoms with Crippen molar-refractivity contribution in [3.63, 3.8) is 0 Å². The van der Waals surface area contributed by atoms with E-state index in [0.29, 0.717) is 0 Å². The minimum absolute atomic E-state index is 0.0425. The van der Waals surface area contributed by atoms with Crippen molar-refractivity contribution in [2.75, 3.05) is 16.6 Å². The van der Waals surface area contributed by atoms with Crippen LogP contribution in [0.2, 0.25) is 0 Å². The Morgan fingerprint density at radius 3 is 2.31 bits per heavy atom. The summed E-state index contributed by atoms with van der Waals surface area (Å²) in [5.74, 6) is -1.97. The van der Waals surface area contributed by atoms with Crippen LogP contribution in [0.3, 0.4) is 0 Å². The number of carboxylic acid groups (broad SMARTS) is 1. The first-order valence-corrected chi connectivity index (χ1v) is 9.76. The number of carbonyl (C=O) groups is 2. The highest BCUT2D eigenvalue weighted by Crippen LogP contribution is 2.25. The minimum atomic E-state index is -4.01. The number of hydrogen-bond donors (Lipinski definition) is 3. The average Bonchev–Trinajstić information content (AvgIpc) is 2.69. The van der Waals surface area contributed by atoms with Gasteiger partial charge in [0.1, 0.15) is 6.07 Å². The summed E-state index contributed by atoms with van der Waals surface area (Å²) in [6.07, 6.45) is 1.12. The van der Waals surface area contributed by atoms with Crippen LogP contribution in [0.15, 0.2) is 65.2 Å². The van der Waals surface area contributed by atoms with Gasteiger partial charge in [-0.3, -0.25) is 4.72 Å². The van der Waals surface area contributed by atoms with Crippen molar-refractivity contribution in [1.29, 1.82) is 5.26 Å². The summed E-state index contributed by atoms with van der Waals surface area (Å²) in [7, 11) is -4.01. The van der Waals surface area contributed by atoms with E-state index in [9.17, 15) is 18.0 Å². The molecule has 0 saturated heterocycles. The number of ether oxygens (including phenoxy) is 1. The number of rotatable bonds is 8. The van der Waals surface area contributed by atoms with E-state index in [1.165, 1.54) is 30.3 Å². The number of esters is 1. The van der Waals surface area contributed by atoms with Gasteiger partial charge in [0.05, 0.1) is 28.4 Å². The van der Waals surface area contributed by atoms with Crippen LogP contribution in [-0.4, -0.2) is 32.1 Å². The van der Waals surface area contributed by atoms with Gasteiger partial charge in [0, 0.05) is 6.20 Å². The lowest BCUT2D eigenvalue weighted by molar-refractivity contribution is -0.138. The molecule has 0 aliphatic heterocycles. The Morgan fingerprint density at radius 1 is 1.14 bits per heavy atom. The topological polar surface area (TPSA) is 146 Å². The van der Waals surface area contributed by atoms with Crippen LogP contribution >= 0.6 is 0 Å². The fourth-order valence-corrected chi connectivity index (χ4v) is 3.25. The molecule has 0 aliphatic carbocycles. The first-order chi connectivity index (χ1) is 13.8. The number of carboxylic acids is 1. The number of anilines is 2. The lowest BCUT2D eigenvalue weighted by atomic mass is 10.2. The van der Waals surface area contributed by atoms with E-state index in [-0.39, 0.29) is 34.0 Å². The van der Waals surface area contributed by atoms with Crippen LogP contribution in [-0.2, 0) is 19.6 Å². The van der Waals surface area contributed by atoms with E-state index < -0.39 is 22.0 Å². The zero-order valence-electron chi connectivity index (χ0n) is 15.2. The van der Waals surface area contributed by atoms with Crippen LogP contribution in [0.5, 0.6) is 0 Å². The summed E-state index contributed by atoms with van der Waals surface area (Å²) in [5.41, 5.74) is 0.121. The van der Waals surface area contributed by atoms with Gasteiger partial charge in [-0.15, -0.1) is 0 Å². The lowest BCUT2D eigenvalue weighted by Gasteiger charge is -2.13. The molecule has 29 heavy (non-hydrogen) atoms. The summed E-state index contributed by atoms with van der Waals surface area (Å²) >= 11 is 0. The van der Waals surface area contributed by atoms with Crippen molar-refractivity contribution in [1.82, 2.24) is 0 Å². The molecule has 0 bridgehead atoms. The molecule has 2 aromatic carbocycles. The fourth-order valence-electron chi connectivity index (χ4n) is 2.17. The number of nitriles is 1. The minimum Gasteiger partial charge on any atom is -0.478 e. The van der Waals surface area contributed by atoms with Crippen molar-refractivity contribution in [3.05, 3.63) is 65.9 Å². The van der Waals surface area contributed by atoms with E-state index in [2.05, 4.69) is 10.0 Å². The van der Waals surface area contributed by atoms with Gasteiger partial charge < -0.3 is 15.2 Å². The number of nitrogens with zero attached hydrogens (tertiary/aromatic N) is 1. The van der Waals surface area contributed by atoms with Gasteiger partial charge in [-0.25, -0.2) is 18.0 Å². The van der Waals surface area contributed by atoms with Crippen molar-refractivity contribution in [2.45, 2.75) is 11.8 Å². The van der Waals surface area contributed by atoms with Gasteiger partial charge in [-0.05, 0) is 43.3 Å². The second-order valence-electron chi connectivity index (χ2n) is 5.52. The van der Waals surface area contributed by atoms with E-state index in [4.69, 9.17) is 15.1 Å². The van der Waals surface area contributed by atoms with Gasteiger partial charge in [0.15, 0.2) is 5.57 Å². The maximum absolute atomic E-state index is 12.6. The summed E-state index contributed by atoms with van der Waals surface area (Å²) < 4.78 is 32.3. The Labute approximate surface area is 167 Å². The molecule has 0 fully saturated rings. The molecular formula is C19H17N3O6S. The van der Waals surface area contributed by atoms with Crippen LogP contribution in [0.4, 0.5) is 11.4 Å². The quantitative estimate of drug-likeness (QED) is 0.339. The Balaban J connectivity index is 2.27. The summed E-state index contributed by atoms with van der Waals surface area (Å²) in [6, 6.07) is 12.7. The zero-order valence-corrected chi connectivity index (χ0v) is 16.1. The maximum atomic E-state index is 12.6. The number of para-hydroxylation sites is 2. The summed E-state index contributed by atoms with van der Waals surface area (Å²) in [4.78, 5) is 22.4. The predicted molar refractivity (Wildman–Crippen MR) is 105 cm³/mol. The van der Waals surface area contributed by atoms with E-state index in [0.717, 1.165) is 6.20 Å². The fraction of sp³-hybridized carbons (Fsp3) is 0.105. The van der Waals surface area contributed by atoms with Crippen LogP contribution in [0.25, 0.3) is 0 Å². The molecule has 10 heteroatoms. The lowest BCUT2D eigenvalue weighted by Crippen LogP contribution is -2.14. The SMILES string of the molecule is CCOC(=O)/C(C#N)=C/Nc1ccccc1NS(=O)(=O)c1ccc(C(=O)O)cc1. The first kappa shape index (κ1) is 21.5. The van der Waals surface area contributed by atoms with Crippen molar-refractivity contribution < 1.29 is 27.9 Å². The molecule has 9 nitrogen and oxygen atoms in total. The van der Waals surface area contributed by atoms with Crippen molar-refractivity contribution in [2.24, 2.45) is 0 Å².